The van der Waals surface area contributed by atoms with Crippen LogP contribution in [0.4, 0.5) is 0 Å². The minimum atomic E-state index is -1.99. The number of hydrogen-bond acceptors (Lipinski definition) is 5. The third-order valence-electron chi connectivity index (χ3n) is 4.82. The number of esters is 1. The van der Waals surface area contributed by atoms with Gasteiger partial charge in [-0.1, -0.05) is 26.8 Å². The van der Waals surface area contributed by atoms with E-state index in [0.717, 1.165) is 0 Å². The minimum Gasteiger partial charge on any atom is -0.480 e. The number of hydrogen-bond donors (Lipinski definition) is 2. The molecule has 7 nitrogen and oxygen atoms in total. The first-order chi connectivity index (χ1) is 12.4. The number of carboxylic acids is 1. The second-order valence-corrected chi connectivity index (χ2v) is 12.6. The van der Waals surface area contributed by atoms with E-state index in [1.54, 1.807) is 0 Å². The highest BCUT2D eigenvalue weighted by atomic mass is 28.4. The van der Waals surface area contributed by atoms with Crippen LogP contribution in [0.2, 0.25) is 18.1 Å². The maximum Gasteiger partial charge on any atom is 0.337 e. The monoisotopic (exact) mass is 395 g/mol. The molecule has 0 spiro atoms. The lowest BCUT2D eigenvalue weighted by Crippen LogP contribution is -2.44. The quantitative estimate of drug-likeness (QED) is 0.518. The summed E-state index contributed by atoms with van der Waals surface area (Å²) in [7, 11) is -0.744. The molecule has 1 aromatic carbocycles. The minimum absolute atomic E-state index is 0.0172. The van der Waals surface area contributed by atoms with Crippen molar-refractivity contribution in [1.82, 2.24) is 5.32 Å². The van der Waals surface area contributed by atoms with Crippen LogP contribution in [-0.2, 0) is 14.0 Å². The van der Waals surface area contributed by atoms with Crippen LogP contribution in [0, 0.1) is 0 Å². The fourth-order valence-corrected chi connectivity index (χ4v) is 3.11. The van der Waals surface area contributed by atoms with Crippen molar-refractivity contribution in [3.05, 3.63) is 35.4 Å². The molecule has 0 unspecified atom stereocenters. The van der Waals surface area contributed by atoms with E-state index < -0.39 is 32.2 Å². The first-order valence-electron chi connectivity index (χ1n) is 8.75. The highest BCUT2D eigenvalue weighted by molar-refractivity contribution is 6.74. The van der Waals surface area contributed by atoms with Gasteiger partial charge in [-0.15, -0.1) is 0 Å². The first-order valence-corrected chi connectivity index (χ1v) is 11.7. The lowest BCUT2D eigenvalue weighted by molar-refractivity contribution is -0.139. The normalized spacial score (nSPS) is 13.0. The average Bonchev–Trinajstić information content (AvgIpc) is 2.58. The van der Waals surface area contributed by atoms with Gasteiger partial charge in [0.15, 0.2) is 8.32 Å². The summed E-state index contributed by atoms with van der Waals surface area (Å²) in [5.74, 6) is -2.27. The largest absolute Gasteiger partial charge is 0.480 e. The first kappa shape index (κ1) is 22.8. The molecule has 150 valence electrons. The summed E-state index contributed by atoms with van der Waals surface area (Å²) in [6.07, 6.45) is 0.157. The van der Waals surface area contributed by atoms with Gasteiger partial charge in [0.05, 0.1) is 12.7 Å². The van der Waals surface area contributed by atoms with Gasteiger partial charge >= 0.3 is 11.9 Å². The van der Waals surface area contributed by atoms with Crippen molar-refractivity contribution in [1.29, 1.82) is 0 Å². The molecular weight excluding hydrogens is 366 g/mol. The van der Waals surface area contributed by atoms with Crippen molar-refractivity contribution >= 4 is 26.2 Å². The predicted molar refractivity (Wildman–Crippen MR) is 104 cm³/mol. The summed E-state index contributed by atoms with van der Waals surface area (Å²) in [5, 5.41) is 11.9. The van der Waals surface area contributed by atoms with Crippen LogP contribution in [-0.4, -0.2) is 51.0 Å². The molecule has 2 N–H and O–H groups in total. The van der Waals surface area contributed by atoms with Crippen molar-refractivity contribution in [3.8, 4) is 0 Å². The third-order valence-corrected chi connectivity index (χ3v) is 9.36. The molecule has 0 radical (unpaired) electrons. The van der Waals surface area contributed by atoms with Crippen LogP contribution < -0.4 is 5.32 Å². The van der Waals surface area contributed by atoms with Crippen LogP contribution in [0.25, 0.3) is 0 Å². The smallest absolute Gasteiger partial charge is 0.337 e. The average molecular weight is 396 g/mol. The van der Waals surface area contributed by atoms with Crippen molar-refractivity contribution < 1.29 is 28.7 Å². The number of aliphatic carboxylic acids is 1. The van der Waals surface area contributed by atoms with Gasteiger partial charge in [0, 0.05) is 18.6 Å². The van der Waals surface area contributed by atoms with E-state index in [4.69, 9.17) is 4.43 Å². The maximum absolute atomic E-state index is 12.4. The van der Waals surface area contributed by atoms with Crippen LogP contribution >= 0.6 is 0 Å². The van der Waals surface area contributed by atoms with Gasteiger partial charge in [-0.25, -0.2) is 9.59 Å². The Morgan fingerprint density at radius 2 is 1.78 bits per heavy atom. The van der Waals surface area contributed by atoms with Crippen molar-refractivity contribution in [3.63, 3.8) is 0 Å². The molecule has 0 saturated carbocycles. The standard InChI is InChI=1S/C19H29NO6Si/c1-19(2,3)27(5,6)26-11-10-15(17(22)23)20-16(21)13-8-7-9-14(12-13)18(24)25-4/h7-9,12,15H,10-11H2,1-6H3,(H,20,21)(H,22,23)/t15-/m0/s1. The van der Waals surface area contributed by atoms with Gasteiger partial charge in [0.25, 0.3) is 5.91 Å². The third kappa shape index (κ3) is 6.48. The van der Waals surface area contributed by atoms with Gasteiger partial charge in [0.1, 0.15) is 6.04 Å². The van der Waals surface area contributed by atoms with E-state index in [0.29, 0.717) is 0 Å². The number of carboxylic acid groups (broad SMARTS) is 1. The Labute approximate surface area is 161 Å². The number of carbonyl (C=O) groups excluding carboxylic acids is 2. The lowest BCUT2D eigenvalue weighted by Gasteiger charge is -2.36. The van der Waals surface area contributed by atoms with Gasteiger partial charge < -0.3 is 19.6 Å². The Bertz CT molecular complexity index is 696. The zero-order chi connectivity index (χ0) is 20.8. The number of nitrogens with one attached hydrogen (secondary N) is 1. The SMILES string of the molecule is COC(=O)c1cccc(C(=O)N[C@@H](CCO[Si](C)(C)C(C)(C)C)C(=O)O)c1. The Kier molecular flexibility index (Phi) is 7.73. The summed E-state index contributed by atoms with van der Waals surface area (Å²) in [4.78, 5) is 35.5. The number of carbonyl (C=O) groups is 3. The highest BCUT2D eigenvalue weighted by Gasteiger charge is 2.37. The number of methoxy groups -OCH3 is 1. The molecule has 8 heteroatoms. The molecule has 0 bridgehead atoms. The number of amides is 1. The summed E-state index contributed by atoms with van der Waals surface area (Å²) < 4.78 is 10.6. The molecule has 0 aliphatic carbocycles. The fourth-order valence-electron chi connectivity index (χ4n) is 2.05. The Balaban J connectivity index is 2.76. The van der Waals surface area contributed by atoms with Crippen molar-refractivity contribution in [2.24, 2.45) is 0 Å². The molecule has 0 heterocycles. The Morgan fingerprint density at radius 1 is 1.19 bits per heavy atom. The second kappa shape index (κ2) is 9.14. The molecule has 0 saturated heterocycles. The van der Waals surface area contributed by atoms with Crippen molar-refractivity contribution in [2.45, 2.75) is 51.4 Å². The predicted octanol–water partition coefficient (Wildman–Crippen LogP) is 3.07. The fraction of sp³-hybridized carbons (Fsp3) is 0.526. The van der Waals surface area contributed by atoms with Gasteiger partial charge in [-0.3, -0.25) is 4.79 Å². The number of rotatable bonds is 8. The second-order valence-electron chi connectivity index (χ2n) is 7.83. The molecule has 27 heavy (non-hydrogen) atoms. The number of ether oxygens (including phenoxy) is 1. The molecule has 0 aliphatic heterocycles. The van der Waals surface area contributed by atoms with E-state index in [-0.39, 0.29) is 29.2 Å². The zero-order valence-corrected chi connectivity index (χ0v) is 17.8. The molecule has 0 aromatic heterocycles. The maximum atomic E-state index is 12.4. The molecule has 0 fully saturated rings. The van der Waals surface area contributed by atoms with E-state index in [1.807, 2.05) is 0 Å². The van der Waals surface area contributed by atoms with Crippen LogP contribution in [0.5, 0.6) is 0 Å². The Morgan fingerprint density at radius 3 is 2.30 bits per heavy atom. The van der Waals surface area contributed by atoms with Gasteiger partial charge in [-0.2, -0.15) is 0 Å². The molecular formula is C19H29NO6Si. The number of benzene rings is 1. The van der Waals surface area contributed by atoms with E-state index >= 15 is 0 Å². The van der Waals surface area contributed by atoms with Crippen molar-refractivity contribution in [2.75, 3.05) is 13.7 Å². The molecule has 0 aliphatic rings. The summed E-state index contributed by atoms with van der Waals surface area (Å²) >= 11 is 0. The lowest BCUT2D eigenvalue weighted by atomic mass is 10.1. The molecule has 1 atom stereocenters. The summed E-state index contributed by atoms with van der Waals surface area (Å²) in [5.41, 5.74) is 0.410. The van der Waals surface area contributed by atoms with Gasteiger partial charge in [0.2, 0.25) is 0 Å². The van der Waals surface area contributed by atoms with E-state index in [2.05, 4.69) is 43.9 Å². The van der Waals surface area contributed by atoms with Crippen LogP contribution in [0.15, 0.2) is 24.3 Å². The van der Waals surface area contributed by atoms with E-state index in [1.165, 1.54) is 31.4 Å². The summed E-state index contributed by atoms with van der Waals surface area (Å²) in [6.45, 7) is 10.7. The molecule has 1 amide bonds. The highest BCUT2D eigenvalue weighted by Crippen LogP contribution is 2.36. The Hall–Kier alpha value is -2.19. The van der Waals surface area contributed by atoms with Crippen LogP contribution in [0.1, 0.15) is 47.9 Å². The molecule has 1 rings (SSSR count). The summed E-state index contributed by atoms with van der Waals surface area (Å²) in [6, 6.07) is 4.85. The molecule has 1 aromatic rings. The van der Waals surface area contributed by atoms with E-state index in [9.17, 15) is 19.5 Å². The van der Waals surface area contributed by atoms with Gasteiger partial charge in [-0.05, 0) is 36.3 Å². The topological polar surface area (TPSA) is 102 Å². The van der Waals surface area contributed by atoms with Crippen LogP contribution in [0.3, 0.4) is 0 Å². The zero-order valence-electron chi connectivity index (χ0n) is 16.8.